The van der Waals surface area contributed by atoms with Crippen LogP contribution in [-0.4, -0.2) is 11.2 Å². The van der Waals surface area contributed by atoms with Gasteiger partial charge in [-0.1, -0.05) is 42.8 Å². The second kappa shape index (κ2) is 4.97. The van der Waals surface area contributed by atoms with Gasteiger partial charge in [0.2, 0.25) is 0 Å². The predicted molar refractivity (Wildman–Crippen MR) is 60.3 cm³/mol. The van der Waals surface area contributed by atoms with Gasteiger partial charge >= 0.3 is 0 Å². The SMILES string of the molecule is C=C[C@H](O)C(C)Cc1ccc(C)cc1. The highest BCUT2D eigenvalue weighted by molar-refractivity contribution is 5.21. The number of benzene rings is 1. The van der Waals surface area contributed by atoms with Gasteiger partial charge < -0.3 is 5.11 Å². The summed E-state index contributed by atoms with van der Waals surface area (Å²) in [7, 11) is 0. The zero-order chi connectivity index (χ0) is 10.6. The van der Waals surface area contributed by atoms with Crippen LogP contribution in [0.25, 0.3) is 0 Å². The lowest BCUT2D eigenvalue weighted by Crippen LogP contribution is -2.16. The number of hydrogen-bond donors (Lipinski definition) is 1. The van der Waals surface area contributed by atoms with Crippen molar-refractivity contribution in [1.29, 1.82) is 0 Å². The number of rotatable bonds is 4. The van der Waals surface area contributed by atoms with Crippen LogP contribution in [0.2, 0.25) is 0 Å². The standard InChI is InChI=1S/C13H18O/c1-4-13(14)11(3)9-12-7-5-10(2)6-8-12/h4-8,11,13-14H,1,9H2,2-3H3/t11?,13-/m0/s1. The summed E-state index contributed by atoms with van der Waals surface area (Å²) >= 11 is 0. The maximum Gasteiger partial charge on any atom is 0.0746 e. The molecule has 0 aliphatic heterocycles. The molecule has 0 aromatic heterocycles. The van der Waals surface area contributed by atoms with Crippen LogP contribution in [0.15, 0.2) is 36.9 Å². The van der Waals surface area contributed by atoms with E-state index in [-0.39, 0.29) is 5.92 Å². The maximum absolute atomic E-state index is 9.52. The largest absolute Gasteiger partial charge is 0.389 e. The van der Waals surface area contributed by atoms with Gasteiger partial charge in [0.1, 0.15) is 0 Å². The smallest absolute Gasteiger partial charge is 0.0746 e. The fraction of sp³-hybridized carbons (Fsp3) is 0.385. The van der Waals surface area contributed by atoms with Gasteiger partial charge in [-0.2, -0.15) is 0 Å². The first-order valence-electron chi connectivity index (χ1n) is 4.99. The molecule has 0 saturated heterocycles. The molecule has 0 fully saturated rings. The highest BCUT2D eigenvalue weighted by Gasteiger charge is 2.10. The Hall–Kier alpha value is -1.08. The molecule has 1 heteroatoms. The fourth-order valence-corrected chi connectivity index (χ4v) is 1.45. The fourth-order valence-electron chi connectivity index (χ4n) is 1.45. The average molecular weight is 190 g/mol. The molecule has 1 N–H and O–H groups in total. The molecule has 0 spiro atoms. The number of aliphatic hydroxyl groups excluding tert-OH is 1. The second-order valence-corrected chi connectivity index (χ2v) is 3.89. The van der Waals surface area contributed by atoms with E-state index in [0.29, 0.717) is 0 Å². The van der Waals surface area contributed by atoms with Crippen molar-refractivity contribution in [3.05, 3.63) is 48.0 Å². The van der Waals surface area contributed by atoms with E-state index in [1.54, 1.807) is 6.08 Å². The normalized spacial score (nSPS) is 14.8. The van der Waals surface area contributed by atoms with Crippen molar-refractivity contribution in [2.24, 2.45) is 5.92 Å². The Kier molecular flexibility index (Phi) is 3.90. The summed E-state index contributed by atoms with van der Waals surface area (Å²) in [5.74, 6) is 0.232. The maximum atomic E-state index is 9.52. The summed E-state index contributed by atoms with van der Waals surface area (Å²) in [5.41, 5.74) is 2.54. The van der Waals surface area contributed by atoms with Crippen LogP contribution in [0, 0.1) is 12.8 Å². The number of aryl methyl sites for hydroxylation is 1. The van der Waals surface area contributed by atoms with Gasteiger partial charge in [0, 0.05) is 0 Å². The van der Waals surface area contributed by atoms with E-state index in [1.165, 1.54) is 11.1 Å². The Morgan fingerprint density at radius 1 is 1.36 bits per heavy atom. The van der Waals surface area contributed by atoms with Crippen LogP contribution in [-0.2, 0) is 6.42 Å². The summed E-state index contributed by atoms with van der Waals surface area (Å²) < 4.78 is 0. The van der Waals surface area contributed by atoms with E-state index in [9.17, 15) is 5.11 Å². The molecule has 1 nitrogen and oxygen atoms in total. The molecular weight excluding hydrogens is 172 g/mol. The Morgan fingerprint density at radius 2 is 1.93 bits per heavy atom. The topological polar surface area (TPSA) is 20.2 Å². The van der Waals surface area contributed by atoms with Crippen LogP contribution in [0.5, 0.6) is 0 Å². The van der Waals surface area contributed by atoms with Crippen molar-refractivity contribution in [3.63, 3.8) is 0 Å². The van der Waals surface area contributed by atoms with Crippen LogP contribution in [0.4, 0.5) is 0 Å². The predicted octanol–water partition coefficient (Wildman–Crippen LogP) is 2.72. The van der Waals surface area contributed by atoms with Crippen LogP contribution in [0.3, 0.4) is 0 Å². The van der Waals surface area contributed by atoms with Crippen molar-refractivity contribution in [1.82, 2.24) is 0 Å². The molecular formula is C13H18O. The summed E-state index contributed by atoms with van der Waals surface area (Å²) in [6, 6.07) is 8.42. The molecule has 2 atom stereocenters. The first kappa shape index (κ1) is 11.0. The van der Waals surface area contributed by atoms with E-state index >= 15 is 0 Å². The first-order valence-corrected chi connectivity index (χ1v) is 4.99. The molecule has 0 radical (unpaired) electrons. The molecule has 0 bridgehead atoms. The zero-order valence-electron chi connectivity index (χ0n) is 8.90. The summed E-state index contributed by atoms with van der Waals surface area (Å²) in [6.45, 7) is 7.70. The van der Waals surface area contributed by atoms with Crippen LogP contribution >= 0.6 is 0 Å². The van der Waals surface area contributed by atoms with Crippen molar-refractivity contribution >= 4 is 0 Å². The van der Waals surface area contributed by atoms with E-state index in [1.807, 2.05) is 6.92 Å². The number of aliphatic hydroxyl groups is 1. The lowest BCUT2D eigenvalue weighted by atomic mass is 9.95. The summed E-state index contributed by atoms with van der Waals surface area (Å²) in [6.07, 6.45) is 2.09. The van der Waals surface area contributed by atoms with Gasteiger partial charge in [-0.05, 0) is 24.8 Å². The van der Waals surface area contributed by atoms with Crippen molar-refractivity contribution < 1.29 is 5.11 Å². The van der Waals surface area contributed by atoms with Gasteiger partial charge in [-0.3, -0.25) is 0 Å². The minimum atomic E-state index is -0.406. The van der Waals surface area contributed by atoms with E-state index in [2.05, 4.69) is 37.8 Å². The van der Waals surface area contributed by atoms with Gasteiger partial charge in [-0.25, -0.2) is 0 Å². The quantitative estimate of drug-likeness (QED) is 0.724. The van der Waals surface area contributed by atoms with Crippen molar-refractivity contribution in [3.8, 4) is 0 Å². The average Bonchev–Trinajstić information content (AvgIpc) is 2.20. The number of hydrogen-bond acceptors (Lipinski definition) is 1. The molecule has 1 rings (SSSR count). The molecule has 0 heterocycles. The third-order valence-corrected chi connectivity index (χ3v) is 2.50. The lowest BCUT2D eigenvalue weighted by Gasteiger charge is -2.15. The Morgan fingerprint density at radius 3 is 2.43 bits per heavy atom. The van der Waals surface area contributed by atoms with E-state index in [4.69, 9.17) is 0 Å². The van der Waals surface area contributed by atoms with Gasteiger partial charge in [0.05, 0.1) is 6.10 Å². The van der Waals surface area contributed by atoms with Gasteiger partial charge in [-0.15, -0.1) is 6.58 Å². The van der Waals surface area contributed by atoms with Crippen LogP contribution < -0.4 is 0 Å². The van der Waals surface area contributed by atoms with Crippen molar-refractivity contribution in [2.45, 2.75) is 26.4 Å². The Labute approximate surface area is 86.1 Å². The van der Waals surface area contributed by atoms with E-state index < -0.39 is 6.10 Å². The Bertz CT molecular complexity index is 287. The molecule has 76 valence electrons. The molecule has 0 aliphatic carbocycles. The lowest BCUT2D eigenvalue weighted by molar-refractivity contribution is 0.162. The first-order chi connectivity index (χ1) is 6.63. The van der Waals surface area contributed by atoms with Crippen molar-refractivity contribution in [2.75, 3.05) is 0 Å². The molecule has 1 aromatic carbocycles. The molecule has 1 aromatic rings. The summed E-state index contributed by atoms with van der Waals surface area (Å²) in [5, 5.41) is 9.52. The highest BCUT2D eigenvalue weighted by atomic mass is 16.3. The molecule has 0 saturated carbocycles. The van der Waals surface area contributed by atoms with E-state index in [0.717, 1.165) is 6.42 Å². The zero-order valence-corrected chi connectivity index (χ0v) is 8.90. The minimum absolute atomic E-state index is 0.232. The molecule has 0 amide bonds. The minimum Gasteiger partial charge on any atom is -0.389 e. The molecule has 14 heavy (non-hydrogen) atoms. The Balaban J connectivity index is 2.60. The van der Waals surface area contributed by atoms with Gasteiger partial charge in [0.25, 0.3) is 0 Å². The van der Waals surface area contributed by atoms with Gasteiger partial charge in [0.15, 0.2) is 0 Å². The van der Waals surface area contributed by atoms with Crippen LogP contribution in [0.1, 0.15) is 18.1 Å². The third kappa shape index (κ3) is 3.00. The third-order valence-electron chi connectivity index (χ3n) is 2.50. The second-order valence-electron chi connectivity index (χ2n) is 3.89. The molecule has 1 unspecified atom stereocenters. The monoisotopic (exact) mass is 190 g/mol. The summed E-state index contributed by atoms with van der Waals surface area (Å²) in [4.78, 5) is 0. The highest BCUT2D eigenvalue weighted by Crippen LogP contribution is 2.13. The molecule has 0 aliphatic rings.